The Kier molecular flexibility index (Phi) is 7.92. The Labute approximate surface area is 154 Å². The van der Waals surface area contributed by atoms with E-state index < -0.39 is 6.03 Å². The highest BCUT2D eigenvalue weighted by Gasteiger charge is 2.27. The topological polar surface area (TPSA) is 105 Å². The van der Waals surface area contributed by atoms with Crippen LogP contribution in [0.5, 0.6) is 0 Å². The fourth-order valence-corrected chi connectivity index (χ4v) is 3.10. The number of amides is 4. The molecule has 1 aromatic rings. The van der Waals surface area contributed by atoms with Crippen LogP contribution in [0.2, 0.25) is 0 Å². The molecule has 0 atom stereocenters. The zero-order valence-electron chi connectivity index (χ0n) is 15.1. The van der Waals surface area contributed by atoms with Crippen LogP contribution in [0.25, 0.3) is 0 Å². The number of unbranched alkanes of at least 4 members (excludes halogenated alkanes) is 2. The van der Waals surface area contributed by atoms with Crippen LogP contribution in [0.1, 0.15) is 38.5 Å². The second-order valence-electron chi connectivity index (χ2n) is 6.61. The molecule has 0 bridgehead atoms. The van der Waals surface area contributed by atoms with E-state index in [9.17, 15) is 14.4 Å². The number of hydrogen-bond acceptors (Lipinski definition) is 3. The fraction of sp³-hybridized carbons (Fsp3) is 0.526. The lowest BCUT2D eigenvalue weighted by Crippen LogP contribution is -2.41. The Morgan fingerprint density at radius 2 is 1.73 bits per heavy atom. The maximum atomic E-state index is 12.3. The van der Waals surface area contributed by atoms with Gasteiger partial charge in [-0.05, 0) is 37.8 Å². The number of likely N-dealkylation sites (tertiary alicyclic amines) is 1. The summed E-state index contributed by atoms with van der Waals surface area (Å²) in [5.41, 5.74) is 5.80. The Balaban J connectivity index is 1.62. The van der Waals surface area contributed by atoms with Gasteiger partial charge < -0.3 is 21.3 Å². The van der Waals surface area contributed by atoms with Crippen LogP contribution < -0.4 is 16.4 Å². The van der Waals surface area contributed by atoms with Gasteiger partial charge in [-0.1, -0.05) is 24.6 Å². The molecule has 142 valence electrons. The van der Waals surface area contributed by atoms with Gasteiger partial charge in [0, 0.05) is 37.7 Å². The van der Waals surface area contributed by atoms with Crippen molar-refractivity contribution in [1.29, 1.82) is 0 Å². The monoisotopic (exact) mass is 360 g/mol. The van der Waals surface area contributed by atoms with Crippen LogP contribution in [0.4, 0.5) is 10.5 Å². The zero-order valence-corrected chi connectivity index (χ0v) is 15.1. The van der Waals surface area contributed by atoms with Crippen LogP contribution in [-0.4, -0.2) is 42.4 Å². The average Bonchev–Trinajstić information content (AvgIpc) is 2.65. The molecule has 7 nitrogen and oxygen atoms in total. The van der Waals surface area contributed by atoms with E-state index in [0.29, 0.717) is 38.9 Å². The molecule has 1 fully saturated rings. The standard InChI is InChI=1S/C19H28N4O3/c20-19(26)21-12-6-2-5-9-17(24)23-13-10-15(11-14-23)18(25)22-16-7-3-1-4-8-16/h1,3-4,7-8,15H,2,5-6,9-14H2,(H,22,25)(H3,20,21,26). The number of anilines is 1. The number of nitrogens with two attached hydrogens (primary N) is 1. The minimum absolute atomic E-state index is 0.0326. The van der Waals surface area contributed by atoms with Gasteiger partial charge in [0.1, 0.15) is 0 Å². The number of nitrogens with one attached hydrogen (secondary N) is 2. The van der Waals surface area contributed by atoms with Gasteiger partial charge in [0.2, 0.25) is 11.8 Å². The van der Waals surface area contributed by atoms with E-state index >= 15 is 0 Å². The van der Waals surface area contributed by atoms with Crippen molar-refractivity contribution < 1.29 is 14.4 Å². The number of piperidine rings is 1. The molecule has 1 heterocycles. The summed E-state index contributed by atoms with van der Waals surface area (Å²) >= 11 is 0. The number of benzene rings is 1. The van der Waals surface area contributed by atoms with Gasteiger partial charge in [0.15, 0.2) is 0 Å². The van der Waals surface area contributed by atoms with Crippen molar-refractivity contribution >= 4 is 23.5 Å². The molecule has 0 aromatic heterocycles. The van der Waals surface area contributed by atoms with E-state index in [0.717, 1.165) is 24.9 Å². The lowest BCUT2D eigenvalue weighted by atomic mass is 9.95. The minimum Gasteiger partial charge on any atom is -0.352 e. The van der Waals surface area contributed by atoms with Gasteiger partial charge in [0.25, 0.3) is 0 Å². The summed E-state index contributed by atoms with van der Waals surface area (Å²) in [7, 11) is 0. The summed E-state index contributed by atoms with van der Waals surface area (Å²) in [5.74, 6) is 0.138. The molecule has 0 radical (unpaired) electrons. The number of para-hydroxylation sites is 1. The maximum absolute atomic E-state index is 12.3. The molecule has 0 aliphatic carbocycles. The molecule has 1 aliphatic heterocycles. The van der Waals surface area contributed by atoms with Crippen molar-refractivity contribution in [3.05, 3.63) is 30.3 Å². The first-order valence-electron chi connectivity index (χ1n) is 9.23. The molecule has 2 rings (SSSR count). The second kappa shape index (κ2) is 10.4. The molecule has 0 spiro atoms. The third-order valence-corrected chi connectivity index (χ3v) is 4.63. The molecule has 4 amide bonds. The number of rotatable bonds is 8. The molecule has 1 aliphatic rings. The van der Waals surface area contributed by atoms with E-state index in [1.54, 1.807) is 0 Å². The fourth-order valence-electron chi connectivity index (χ4n) is 3.10. The van der Waals surface area contributed by atoms with E-state index in [1.165, 1.54) is 0 Å². The summed E-state index contributed by atoms with van der Waals surface area (Å²) in [6.07, 6.45) is 4.41. The largest absolute Gasteiger partial charge is 0.352 e. The molecule has 1 aromatic carbocycles. The molecular weight excluding hydrogens is 332 g/mol. The number of carbonyl (C=O) groups is 3. The summed E-state index contributed by atoms with van der Waals surface area (Å²) in [6, 6.07) is 8.92. The molecule has 26 heavy (non-hydrogen) atoms. The summed E-state index contributed by atoms with van der Waals surface area (Å²) in [4.78, 5) is 37.0. The van der Waals surface area contributed by atoms with E-state index in [4.69, 9.17) is 5.73 Å². The number of carbonyl (C=O) groups excluding carboxylic acids is 3. The quantitative estimate of drug-likeness (QED) is 0.618. The lowest BCUT2D eigenvalue weighted by molar-refractivity contribution is -0.134. The van der Waals surface area contributed by atoms with Crippen LogP contribution in [0, 0.1) is 5.92 Å². The van der Waals surface area contributed by atoms with Crippen molar-refractivity contribution in [2.75, 3.05) is 25.0 Å². The van der Waals surface area contributed by atoms with Crippen LogP contribution in [-0.2, 0) is 9.59 Å². The van der Waals surface area contributed by atoms with Crippen molar-refractivity contribution in [1.82, 2.24) is 10.2 Å². The van der Waals surface area contributed by atoms with Crippen molar-refractivity contribution in [3.63, 3.8) is 0 Å². The van der Waals surface area contributed by atoms with Crippen molar-refractivity contribution in [2.45, 2.75) is 38.5 Å². The SMILES string of the molecule is NC(=O)NCCCCCC(=O)N1CCC(C(=O)Nc2ccccc2)CC1. The Morgan fingerprint density at radius 1 is 1.04 bits per heavy atom. The van der Waals surface area contributed by atoms with Gasteiger partial charge in [-0.25, -0.2) is 4.79 Å². The van der Waals surface area contributed by atoms with Crippen LogP contribution in [0.3, 0.4) is 0 Å². The Hall–Kier alpha value is -2.57. The first kappa shape index (κ1) is 19.8. The normalized spacial score (nSPS) is 14.7. The predicted molar refractivity (Wildman–Crippen MR) is 100 cm³/mol. The Bertz CT molecular complexity index is 598. The number of hydrogen-bond donors (Lipinski definition) is 3. The minimum atomic E-state index is -0.514. The zero-order chi connectivity index (χ0) is 18.8. The van der Waals surface area contributed by atoms with Crippen molar-refractivity contribution in [2.24, 2.45) is 11.7 Å². The van der Waals surface area contributed by atoms with E-state index in [1.807, 2.05) is 35.2 Å². The van der Waals surface area contributed by atoms with Gasteiger partial charge in [-0.15, -0.1) is 0 Å². The highest BCUT2D eigenvalue weighted by atomic mass is 16.2. The molecule has 0 unspecified atom stereocenters. The Morgan fingerprint density at radius 3 is 2.38 bits per heavy atom. The van der Waals surface area contributed by atoms with Gasteiger partial charge in [-0.3, -0.25) is 9.59 Å². The third kappa shape index (κ3) is 6.74. The summed E-state index contributed by atoms with van der Waals surface area (Å²) in [6.45, 7) is 1.81. The van der Waals surface area contributed by atoms with Gasteiger partial charge in [0.05, 0.1) is 0 Å². The van der Waals surface area contributed by atoms with E-state index in [2.05, 4.69) is 10.6 Å². The summed E-state index contributed by atoms with van der Waals surface area (Å²) < 4.78 is 0. The molecule has 0 saturated carbocycles. The lowest BCUT2D eigenvalue weighted by Gasteiger charge is -2.31. The first-order chi connectivity index (χ1) is 12.6. The summed E-state index contributed by atoms with van der Waals surface area (Å²) in [5, 5.41) is 5.47. The molecule has 7 heteroatoms. The molecule has 4 N–H and O–H groups in total. The second-order valence-corrected chi connectivity index (χ2v) is 6.61. The number of primary amides is 1. The van der Waals surface area contributed by atoms with Crippen LogP contribution >= 0.6 is 0 Å². The first-order valence-corrected chi connectivity index (χ1v) is 9.23. The smallest absolute Gasteiger partial charge is 0.312 e. The van der Waals surface area contributed by atoms with Gasteiger partial charge >= 0.3 is 6.03 Å². The highest BCUT2D eigenvalue weighted by Crippen LogP contribution is 2.20. The molecular formula is C19H28N4O3. The number of nitrogens with zero attached hydrogens (tertiary/aromatic N) is 1. The van der Waals surface area contributed by atoms with Gasteiger partial charge in [-0.2, -0.15) is 0 Å². The van der Waals surface area contributed by atoms with Crippen LogP contribution in [0.15, 0.2) is 30.3 Å². The predicted octanol–water partition coefficient (Wildman–Crippen LogP) is 2.09. The maximum Gasteiger partial charge on any atom is 0.312 e. The number of urea groups is 1. The van der Waals surface area contributed by atoms with E-state index in [-0.39, 0.29) is 17.7 Å². The highest BCUT2D eigenvalue weighted by molar-refractivity contribution is 5.92. The third-order valence-electron chi connectivity index (χ3n) is 4.63. The molecule has 1 saturated heterocycles. The average molecular weight is 360 g/mol. The van der Waals surface area contributed by atoms with Crippen molar-refractivity contribution in [3.8, 4) is 0 Å².